The number of aliphatic hydroxyl groups is 1. The number of anilines is 2. The fourth-order valence-electron chi connectivity index (χ4n) is 12.6. The number of fused-ring (bicyclic) bond motifs is 7. The SMILES string of the molecule is CC[C@@]1(O)C(=O)OCc2c1cc1n(c2=O)Cc2c-1nc1cc(F)c(C)c3c1c2[C@@H](NC(=O)OCc1ccc(NC(=O)[C@H](CCCNC(N)=O)NC(=O)[C@@H](NC(=O)CCOCCOCCOCCOCCNC(=O)CCC(=O)N2Cc4ccccc4C#Cc4ccccc42)C(C)C)cc1)CC3. The Morgan fingerprint density at radius 3 is 2.19 bits per heavy atom. The average Bonchev–Trinajstić information content (AvgIpc) is 1.51. The molecular weight excluding hydrogens is 1290 g/mol. The van der Waals surface area contributed by atoms with Gasteiger partial charge in [-0.2, -0.15) is 0 Å². The molecule has 4 aliphatic rings. The number of halogens is 1. The summed E-state index contributed by atoms with van der Waals surface area (Å²) >= 11 is 0. The van der Waals surface area contributed by atoms with E-state index in [9.17, 15) is 48.3 Å². The molecule has 3 aliphatic heterocycles. The molecule has 0 fully saturated rings. The normalized spacial score (nSPS) is 15.9. The van der Waals surface area contributed by atoms with Crippen LogP contribution < -0.4 is 48.1 Å². The molecule has 6 aromatic rings. The monoisotopic (exact) mass is 1370 g/mol. The molecule has 0 saturated heterocycles. The number of hydrogen-bond donors (Lipinski definition) is 8. The zero-order chi connectivity index (χ0) is 71.0. The molecule has 0 radical (unpaired) electrons. The van der Waals surface area contributed by atoms with Gasteiger partial charge < -0.3 is 80.6 Å². The van der Waals surface area contributed by atoms with Crippen molar-refractivity contribution in [2.45, 2.75) is 129 Å². The van der Waals surface area contributed by atoms with E-state index in [1.807, 2.05) is 48.5 Å². The number of rotatable bonds is 32. The van der Waals surface area contributed by atoms with Crippen LogP contribution in [0.4, 0.5) is 25.4 Å². The Morgan fingerprint density at radius 1 is 0.780 bits per heavy atom. The minimum Gasteiger partial charge on any atom is -0.458 e. The van der Waals surface area contributed by atoms with E-state index >= 15 is 4.39 Å². The van der Waals surface area contributed by atoms with E-state index in [1.54, 1.807) is 62.9 Å². The zero-order valence-electron chi connectivity index (χ0n) is 56.3. The number of ether oxygens (including phenoxy) is 6. The summed E-state index contributed by atoms with van der Waals surface area (Å²) in [5.74, 6) is 2.58. The number of nitrogens with zero attached hydrogens (tertiary/aromatic N) is 3. The lowest BCUT2D eigenvalue weighted by molar-refractivity contribution is -0.172. The van der Waals surface area contributed by atoms with E-state index in [4.69, 9.17) is 39.1 Å². The van der Waals surface area contributed by atoms with Gasteiger partial charge in [0.05, 0.1) is 100 Å². The number of nitrogens with two attached hydrogens (primary N) is 1. The fraction of sp³-hybridized carbons (Fsp3) is 0.425. The predicted octanol–water partition coefficient (Wildman–Crippen LogP) is 5.75. The number of carbonyl (C=O) groups excluding carboxylic acids is 8. The first-order valence-corrected chi connectivity index (χ1v) is 33.6. The third-order valence-corrected chi connectivity index (χ3v) is 18.0. The summed E-state index contributed by atoms with van der Waals surface area (Å²) in [6.07, 6.45) is 0.287. The summed E-state index contributed by atoms with van der Waals surface area (Å²) in [4.78, 5) is 125. The average molecular weight is 1380 g/mol. The van der Waals surface area contributed by atoms with Crippen LogP contribution in [0.25, 0.3) is 22.3 Å². The minimum absolute atomic E-state index is 0.0257. The van der Waals surface area contributed by atoms with Gasteiger partial charge >= 0.3 is 18.1 Å². The van der Waals surface area contributed by atoms with Crippen molar-refractivity contribution >= 4 is 69.9 Å². The highest BCUT2D eigenvalue weighted by atomic mass is 19.1. The van der Waals surface area contributed by atoms with Gasteiger partial charge in [-0.05, 0) is 109 Å². The number of primary amides is 1. The van der Waals surface area contributed by atoms with Crippen molar-refractivity contribution in [1.82, 2.24) is 36.1 Å². The van der Waals surface area contributed by atoms with Crippen molar-refractivity contribution in [2.75, 3.05) is 76.2 Å². The Morgan fingerprint density at radius 2 is 1.47 bits per heavy atom. The molecule has 26 nitrogen and oxygen atoms in total. The van der Waals surface area contributed by atoms with Crippen LogP contribution in [0.5, 0.6) is 0 Å². The predicted molar refractivity (Wildman–Crippen MR) is 364 cm³/mol. The number of aryl methyl sites for hydroxylation is 1. The molecule has 10 rings (SSSR count). The van der Waals surface area contributed by atoms with Crippen molar-refractivity contribution in [1.29, 1.82) is 0 Å². The number of benzene rings is 4. The number of pyridine rings is 2. The summed E-state index contributed by atoms with van der Waals surface area (Å²) in [6, 6.07) is 21.0. The molecule has 4 aromatic carbocycles. The van der Waals surface area contributed by atoms with E-state index < -0.39 is 76.8 Å². The fourth-order valence-corrected chi connectivity index (χ4v) is 12.6. The maximum atomic E-state index is 15.5. The Kier molecular flexibility index (Phi) is 24.4. The summed E-state index contributed by atoms with van der Waals surface area (Å²) in [5.41, 5.74) is 10.7. The molecule has 1 aliphatic carbocycles. The Bertz CT molecular complexity index is 4210. The van der Waals surface area contributed by atoms with Crippen molar-refractivity contribution in [3.8, 4) is 23.2 Å². The number of nitrogens with one attached hydrogen (secondary N) is 6. The molecule has 0 spiro atoms. The summed E-state index contributed by atoms with van der Waals surface area (Å²) in [5, 5.41) is 28.7. The van der Waals surface area contributed by atoms with Crippen LogP contribution in [0.3, 0.4) is 0 Å². The number of esters is 1. The summed E-state index contributed by atoms with van der Waals surface area (Å²) < 4.78 is 50.3. The summed E-state index contributed by atoms with van der Waals surface area (Å²) in [7, 11) is 0. The molecule has 2 aromatic heterocycles. The number of cyclic esters (lactones) is 1. The van der Waals surface area contributed by atoms with Gasteiger partial charge in [0.1, 0.15) is 31.1 Å². The highest BCUT2D eigenvalue weighted by molar-refractivity contribution is 5.99. The highest BCUT2D eigenvalue weighted by Crippen LogP contribution is 2.46. The second kappa shape index (κ2) is 33.6. The smallest absolute Gasteiger partial charge is 0.407 e. The second-order valence-corrected chi connectivity index (χ2v) is 25.0. The largest absolute Gasteiger partial charge is 0.458 e. The number of urea groups is 1. The first-order valence-electron chi connectivity index (χ1n) is 33.6. The van der Waals surface area contributed by atoms with Crippen LogP contribution in [0.1, 0.15) is 127 Å². The van der Waals surface area contributed by atoms with Crippen molar-refractivity contribution in [3.05, 3.63) is 157 Å². The van der Waals surface area contributed by atoms with Crippen molar-refractivity contribution < 1.29 is 76.3 Å². The van der Waals surface area contributed by atoms with E-state index in [1.165, 1.54) is 10.6 Å². The maximum Gasteiger partial charge on any atom is 0.407 e. The lowest BCUT2D eigenvalue weighted by Crippen LogP contribution is -2.54. The van der Waals surface area contributed by atoms with Gasteiger partial charge in [0, 0.05) is 71.7 Å². The van der Waals surface area contributed by atoms with Crippen LogP contribution in [0.2, 0.25) is 0 Å². The standard InChI is InChI=1S/C73H83FN10O16/c1-5-73(94)53-37-59-66-51(40-84(59)69(90)52(53)42-99-70(73)91)64-55(23-22-50-44(4)54(74)38-57(79-66)63(50)64)81-72(93)100-41-45-16-20-49(21-17-45)78-67(88)56(14-10-27-77-71(75)92)80-68(89)65(43(2)3)82-61(86)26-29-95-31-33-97-35-36-98-34-32-96-30-28-76-60(85)24-25-62(87)83-39-48-13-7-6-11-46(48)18-19-47-12-8-9-15-58(47)83/h6-9,11-13,15-17,20-21,37-38,43,55-56,65,94H,5,10,14,22-36,39-42H2,1-4H3,(H,76,85)(H,78,88)(H,80,89)(H,81,93)(H,82,86)(H3,75,77,92)/t55-,56-,65-,73-/m0/s1. The van der Waals surface area contributed by atoms with Crippen LogP contribution in [0.15, 0.2) is 89.7 Å². The molecule has 4 atom stereocenters. The van der Waals surface area contributed by atoms with Crippen molar-refractivity contribution in [2.24, 2.45) is 11.7 Å². The molecule has 8 amide bonds. The molecule has 0 bridgehead atoms. The van der Waals surface area contributed by atoms with Crippen LogP contribution >= 0.6 is 0 Å². The second-order valence-electron chi connectivity index (χ2n) is 25.0. The molecule has 27 heteroatoms. The van der Waals surface area contributed by atoms with Gasteiger partial charge in [-0.15, -0.1) is 0 Å². The van der Waals surface area contributed by atoms with Gasteiger partial charge in [0.15, 0.2) is 5.60 Å². The van der Waals surface area contributed by atoms with E-state index in [2.05, 4.69) is 43.7 Å². The topological polar surface area (TPSA) is 349 Å². The van der Waals surface area contributed by atoms with Crippen LogP contribution in [0, 0.1) is 30.5 Å². The third kappa shape index (κ3) is 17.5. The lowest BCUT2D eigenvalue weighted by atomic mass is 9.81. The Hall–Kier alpha value is -10.1. The Labute approximate surface area is 576 Å². The maximum absolute atomic E-state index is 15.5. The van der Waals surface area contributed by atoms with Gasteiger partial charge in [-0.25, -0.2) is 23.8 Å². The van der Waals surface area contributed by atoms with Crippen LogP contribution in [-0.2, 0) is 95.5 Å². The first kappa shape index (κ1) is 72.6. The van der Waals surface area contributed by atoms with Gasteiger partial charge in [0.2, 0.25) is 29.5 Å². The molecule has 0 saturated carbocycles. The molecule has 528 valence electrons. The minimum atomic E-state index is -2.05. The van der Waals surface area contributed by atoms with Gasteiger partial charge in [0.25, 0.3) is 5.56 Å². The molecular formula is C73H83FN10O16. The lowest BCUT2D eigenvalue weighted by Gasteiger charge is -2.31. The first-order chi connectivity index (χ1) is 48.2. The van der Waals surface area contributed by atoms with E-state index in [-0.39, 0.29) is 127 Å². The highest BCUT2D eigenvalue weighted by Gasteiger charge is 2.46. The molecule has 5 heterocycles. The van der Waals surface area contributed by atoms with E-state index in [0.717, 1.165) is 22.3 Å². The molecule has 9 N–H and O–H groups in total. The number of hydrogen-bond acceptors (Lipinski definition) is 17. The summed E-state index contributed by atoms with van der Waals surface area (Å²) in [6.45, 7) is 8.99. The number of carbonyl (C=O) groups is 8. The quantitative estimate of drug-likeness (QED) is 0.0141. The molecule has 100 heavy (non-hydrogen) atoms. The van der Waals surface area contributed by atoms with Crippen molar-refractivity contribution in [3.63, 3.8) is 0 Å². The zero-order valence-corrected chi connectivity index (χ0v) is 56.3. The van der Waals surface area contributed by atoms with Gasteiger partial charge in [-0.1, -0.05) is 75.1 Å². The molecule has 0 unspecified atom stereocenters. The van der Waals surface area contributed by atoms with Crippen LogP contribution in [-0.4, -0.2) is 140 Å². The third-order valence-electron chi connectivity index (χ3n) is 18.0. The van der Waals surface area contributed by atoms with E-state index in [0.29, 0.717) is 95.1 Å². The number of alkyl carbamates (subject to hydrolysis) is 1. The number of amides is 8. The Balaban J connectivity index is 0.617. The number of aromatic nitrogens is 2. The van der Waals surface area contributed by atoms with Gasteiger partial charge in [-0.3, -0.25) is 28.8 Å². The number of para-hydroxylation sites is 1.